The van der Waals surface area contributed by atoms with Crippen LogP contribution in [0.25, 0.3) is 10.8 Å². The van der Waals surface area contributed by atoms with E-state index in [1.54, 1.807) is 40.0 Å². The predicted octanol–water partition coefficient (Wildman–Crippen LogP) is 3.48. The highest BCUT2D eigenvalue weighted by molar-refractivity contribution is 7.91. The van der Waals surface area contributed by atoms with Crippen molar-refractivity contribution in [2.45, 2.75) is 81.9 Å². The molecule has 0 spiro atoms. The Morgan fingerprint density at radius 2 is 1.80 bits per heavy atom. The SMILES string of the molecule is COc1ccc2c(O[C@@H]3C[C@@H](C(=O)NC4(C(=O)NS(=O)(=O)C5CC5)CC4)N(C(=O)C(Nc4ccc(F)c(F)c4)C(C)(C)C)C3)nc3c(c2c1)OCCN3C. The van der Waals surface area contributed by atoms with Crippen molar-refractivity contribution >= 4 is 50.0 Å². The summed E-state index contributed by atoms with van der Waals surface area (Å²) < 4.78 is 73.4. The molecule has 3 atom stereocenters. The second-order valence-electron chi connectivity index (χ2n) is 15.6. The highest BCUT2D eigenvalue weighted by Crippen LogP contribution is 2.43. The van der Waals surface area contributed by atoms with E-state index in [0.717, 1.165) is 12.1 Å². The molecule has 0 bridgehead atoms. The minimum absolute atomic E-state index is 0.000433. The Morgan fingerprint density at radius 1 is 1.06 bits per heavy atom. The van der Waals surface area contributed by atoms with Crippen LogP contribution in [0.5, 0.6) is 17.4 Å². The molecular formula is C37H44F2N6O8S. The zero-order valence-corrected chi connectivity index (χ0v) is 31.5. The summed E-state index contributed by atoms with van der Waals surface area (Å²) in [6.45, 7) is 6.35. The Balaban J connectivity index is 1.21. The molecule has 3 amide bonds. The molecule has 3 fully saturated rings. The van der Waals surface area contributed by atoms with E-state index < -0.39 is 73.8 Å². The topological polar surface area (TPSA) is 168 Å². The van der Waals surface area contributed by atoms with Crippen LogP contribution in [-0.4, -0.2) is 98.9 Å². The molecule has 3 N–H and O–H groups in total. The highest BCUT2D eigenvalue weighted by atomic mass is 32.2. The number of hydrogen-bond acceptors (Lipinski definition) is 11. The first kappa shape index (κ1) is 37.4. The number of likely N-dealkylation sites (tertiary alicyclic amines) is 1. The molecule has 290 valence electrons. The third kappa shape index (κ3) is 7.29. The van der Waals surface area contributed by atoms with E-state index >= 15 is 0 Å². The van der Waals surface area contributed by atoms with Crippen molar-refractivity contribution in [3.8, 4) is 17.4 Å². The van der Waals surface area contributed by atoms with Gasteiger partial charge in [-0.15, -0.1) is 0 Å². The second-order valence-corrected chi connectivity index (χ2v) is 17.5. The molecule has 4 aliphatic rings. The van der Waals surface area contributed by atoms with E-state index in [2.05, 4.69) is 15.4 Å². The van der Waals surface area contributed by atoms with E-state index in [0.29, 0.717) is 54.1 Å². The van der Waals surface area contributed by atoms with Gasteiger partial charge < -0.3 is 34.6 Å². The number of nitrogens with zero attached hydrogens (tertiary/aromatic N) is 3. The fourth-order valence-corrected chi connectivity index (χ4v) is 8.25. The average molecular weight is 771 g/mol. The van der Waals surface area contributed by atoms with Gasteiger partial charge in [-0.3, -0.25) is 19.1 Å². The Labute approximate surface area is 311 Å². The normalized spacial score (nSPS) is 21.1. The number of amides is 3. The summed E-state index contributed by atoms with van der Waals surface area (Å²) in [4.78, 5) is 50.2. The Bertz CT molecular complexity index is 2120. The molecule has 1 saturated heterocycles. The van der Waals surface area contributed by atoms with Crippen molar-refractivity contribution in [3.63, 3.8) is 0 Å². The molecule has 3 aromatic rings. The van der Waals surface area contributed by atoms with Crippen LogP contribution < -0.4 is 34.5 Å². The molecule has 0 radical (unpaired) electrons. The largest absolute Gasteiger partial charge is 0.497 e. The Kier molecular flexibility index (Phi) is 9.51. The van der Waals surface area contributed by atoms with E-state index in [9.17, 15) is 31.6 Å². The molecular weight excluding hydrogens is 727 g/mol. The second kappa shape index (κ2) is 13.7. The van der Waals surface area contributed by atoms with Gasteiger partial charge in [0.05, 0.1) is 25.4 Å². The lowest BCUT2D eigenvalue weighted by molar-refractivity contribution is -0.141. The lowest BCUT2D eigenvalue weighted by Gasteiger charge is -2.36. The Morgan fingerprint density at radius 3 is 2.44 bits per heavy atom. The van der Waals surface area contributed by atoms with Crippen LogP contribution in [0.1, 0.15) is 52.9 Å². The molecule has 1 aromatic heterocycles. The zero-order valence-electron chi connectivity index (χ0n) is 30.7. The maximum Gasteiger partial charge on any atom is 0.259 e. The molecule has 3 heterocycles. The summed E-state index contributed by atoms with van der Waals surface area (Å²) in [5, 5.41) is 6.49. The van der Waals surface area contributed by atoms with Gasteiger partial charge in [0.1, 0.15) is 36.1 Å². The van der Waals surface area contributed by atoms with Gasteiger partial charge in [0.25, 0.3) is 5.91 Å². The minimum Gasteiger partial charge on any atom is -0.497 e. The van der Waals surface area contributed by atoms with Crippen LogP contribution in [0.4, 0.5) is 20.3 Å². The number of ether oxygens (including phenoxy) is 3. The van der Waals surface area contributed by atoms with Crippen LogP contribution in [-0.2, 0) is 24.4 Å². The van der Waals surface area contributed by atoms with Gasteiger partial charge in [-0.25, -0.2) is 17.2 Å². The lowest BCUT2D eigenvalue weighted by Crippen LogP contribution is -2.58. The first-order valence-corrected chi connectivity index (χ1v) is 19.5. The average Bonchev–Trinajstić information content (AvgIpc) is 4.06. The summed E-state index contributed by atoms with van der Waals surface area (Å²) in [6.07, 6.45) is 0.594. The van der Waals surface area contributed by atoms with Crippen molar-refractivity contribution in [2.75, 3.05) is 44.1 Å². The minimum atomic E-state index is -3.87. The van der Waals surface area contributed by atoms with Gasteiger partial charge in [0, 0.05) is 36.0 Å². The van der Waals surface area contributed by atoms with Gasteiger partial charge in [0.2, 0.25) is 27.7 Å². The number of benzene rings is 2. The van der Waals surface area contributed by atoms with E-state index in [1.807, 2.05) is 18.0 Å². The number of fused-ring (bicyclic) bond motifs is 3. The van der Waals surface area contributed by atoms with Gasteiger partial charge >= 0.3 is 0 Å². The molecule has 1 unspecified atom stereocenters. The molecule has 17 heteroatoms. The zero-order chi connectivity index (χ0) is 38.7. The summed E-state index contributed by atoms with van der Waals surface area (Å²) in [5.41, 5.74) is -2.08. The first-order valence-electron chi connectivity index (χ1n) is 17.9. The number of likely N-dealkylation sites (N-methyl/N-ethyl adjacent to an activating group) is 1. The van der Waals surface area contributed by atoms with Crippen molar-refractivity contribution in [3.05, 3.63) is 48.0 Å². The van der Waals surface area contributed by atoms with E-state index in [-0.39, 0.29) is 37.4 Å². The number of pyridine rings is 1. The monoisotopic (exact) mass is 770 g/mol. The number of anilines is 2. The number of carbonyl (C=O) groups excluding carboxylic acids is 3. The number of methoxy groups -OCH3 is 1. The standard InChI is InChI=1S/C37H44F2N6O8S/c1-36(2,3)30(40-20-6-11-26(38)27(39)16-20)34(47)45-19-22(18-28(45)32(46)42-37(12-13-37)35(48)43-54(49,50)23-8-9-23)53-33-24-10-7-21(51-5)17-25(24)29-31(41-33)44(4)14-15-52-29/h6-7,10-11,16-17,22-23,28,30,40H,8-9,12-15,18-19H2,1-5H3,(H,42,46)(H,43,48)/t22-,28+,30?/m1/s1. The molecule has 7 rings (SSSR count). The third-order valence-corrected chi connectivity index (χ3v) is 12.2. The van der Waals surface area contributed by atoms with E-state index in [1.165, 1.54) is 11.0 Å². The van der Waals surface area contributed by atoms with Crippen LogP contribution in [0, 0.1) is 17.0 Å². The van der Waals surface area contributed by atoms with Crippen LogP contribution >= 0.6 is 0 Å². The third-order valence-electron chi connectivity index (χ3n) is 10.4. The molecule has 2 aromatic carbocycles. The summed E-state index contributed by atoms with van der Waals surface area (Å²) >= 11 is 0. The molecule has 2 aliphatic heterocycles. The molecule has 2 saturated carbocycles. The van der Waals surface area contributed by atoms with Gasteiger partial charge in [-0.1, -0.05) is 20.8 Å². The molecule has 54 heavy (non-hydrogen) atoms. The smallest absolute Gasteiger partial charge is 0.259 e. The van der Waals surface area contributed by atoms with Crippen LogP contribution in [0.2, 0.25) is 0 Å². The molecule has 2 aliphatic carbocycles. The summed E-state index contributed by atoms with van der Waals surface area (Å²) in [6, 6.07) is 6.42. The van der Waals surface area contributed by atoms with Crippen molar-refractivity contribution < 1.29 is 45.8 Å². The number of halogens is 2. The number of carbonyl (C=O) groups is 3. The summed E-state index contributed by atoms with van der Waals surface area (Å²) in [5.74, 6) is -2.18. The maximum atomic E-state index is 14.6. The number of aromatic nitrogens is 1. The lowest BCUT2D eigenvalue weighted by atomic mass is 9.85. The van der Waals surface area contributed by atoms with Crippen LogP contribution in [0.15, 0.2) is 36.4 Å². The molecule has 14 nitrogen and oxygen atoms in total. The summed E-state index contributed by atoms with van der Waals surface area (Å²) in [7, 11) is -0.430. The quantitative estimate of drug-likeness (QED) is 0.261. The van der Waals surface area contributed by atoms with Gasteiger partial charge in [-0.2, -0.15) is 4.98 Å². The fourth-order valence-electron chi connectivity index (χ4n) is 6.88. The highest BCUT2D eigenvalue weighted by Gasteiger charge is 2.55. The number of sulfonamides is 1. The van der Waals surface area contributed by atoms with Gasteiger partial charge in [-0.05, 0) is 61.4 Å². The van der Waals surface area contributed by atoms with Gasteiger partial charge in [0.15, 0.2) is 23.2 Å². The fraction of sp³-hybridized carbons (Fsp3) is 0.514. The van der Waals surface area contributed by atoms with Crippen molar-refractivity contribution in [1.82, 2.24) is 19.9 Å². The predicted molar refractivity (Wildman–Crippen MR) is 195 cm³/mol. The van der Waals surface area contributed by atoms with Crippen molar-refractivity contribution in [1.29, 1.82) is 0 Å². The van der Waals surface area contributed by atoms with Crippen molar-refractivity contribution in [2.24, 2.45) is 5.41 Å². The number of hydrogen-bond donors (Lipinski definition) is 3. The maximum absolute atomic E-state index is 14.6. The van der Waals surface area contributed by atoms with Crippen LogP contribution in [0.3, 0.4) is 0 Å². The van der Waals surface area contributed by atoms with E-state index in [4.69, 9.17) is 19.2 Å². The Hall–Kier alpha value is -4.93. The number of nitrogens with one attached hydrogen (secondary N) is 3. The number of rotatable bonds is 11. The first-order chi connectivity index (χ1) is 25.5.